The third kappa shape index (κ3) is 3.25. The van der Waals surface area contributed by atoms with Crippen molar-refractivity contribution >= 4 is 28.7 Å². The Kier molecular flexibility index (Phi) is 3.79. The molecule has 0 aliphatic carbocycles. The molecule has 0 spiro atoms. The smallest absolute Gasteiger partial charge is 0.441 e. The SMILES string of the molecule is COc1ccc2c(c1)nc(N)n2CCSC(F)(F)F. The number of nitrogens with two attached hydrogens (primary N) is 1. The fraction of sp³-hybridized carbons (Fsp3) is 0.364. The van der Waals surface area contributed by atoms with Gasteiger partial charge in [-0.25, -0.2) is 4.98 Å². The van der Waals surface area contributed by atoms with Gasteiger partial charge in [0.1, 0.15) is 5.75 Å². The lowest BCUT2D eigenvalue weighted by molar-refractivity contribution is -0.0328. The predicted octanol–water partition coefficient (Wildman–Crippen LogP) is 2.88. The van der Waals surface area contributed by atoms with Crippen LogP contribution in [-0.2, 0) is 6.54 Å². The van der Waals surface area contributed by atoms with Gasteiger partial charge in [-0.3, -0.25) is 0 Å². The van der Waals surface area contributed by atoms with Crippen LogP contribution >= 0.6 is 11.8 Å². The number of aromatic nitrogens is 2. The monoisotopic (exact) mass is 291 g/mol. The third-order valence-corrected chi connectivity index (χ3v) is 3.28. The highest BCUT2D eigenvalue weighted by Gasteiger charge is 2.27. The van der Waals surface area contributed by atoms with Crippen LogP contribution in [0.2, 0.25) is 0 Å². The fourth-order valence-electron chi connectivity index (χ4n) is 1.74. The molecule has 0 radical (unpaired) electrons. The van der Waals surface area contributed by atoms with Gasteiger partial charge < -0.3 is 15.0 Å². The Labute approximate surface area is 111 Å². The zero-order valence-corrected chi connectivity index (χ0v) is 10.9. The van der Waals surface area contributed by atoms with Gasteiger partial charge in [-0.1, -0.05) is 0 Å². The van der Waals surface area contributed by atoms with E-state index >= 15 is 0 Å². The number of fused-ring (bicyclic) bond motifs is 1. The van der Waals surface area contributed by atoms with Crippen LogP contribution in [-0.4, -0.2) is 27.9 Å². The van der Waals surface area contributed by atoms with Crippen LogP contribution in [0.5, 0.6) is 5.75 Å². The Morgan fingerprint density at radius 3 is 2.79 bits per heavy atom. The molecule has 104 valence electrons. The minimum Gasteiger partial charge on any atom is -0.497 e. The van der Waals surface area contributed by atoms with Gasteiger partial charge in [0.15, 0.2) is 0 Å². The number of thioether (sulfide) groups is 1. The van der Waals surface area contributed by atoms with Gasteiger partial charge in [0.05, 0.1) is 18.1 Å². The lowest BCUT2D eigenvalue weighted by atomic mass is 10.3. The Morgan fingerprint density at radius 1 is 1.42 bits per heavy atom. The summed E-state index contributed by atoms with van der Waals surface area (Å²) >= 11 is -0.0721. The molecule has 0 saturated carbocycles. The highest BCUT2D eigenvalue weighted by atomic mass is 32.2. The van der Waals surface area contributed by atoms with Crippen molar-refractivity contribution in [2.45, 2.75) is 12.1 Å². The quantitative estimate of drug-likeness (QED) is 0.941. The molecule has 2 aromatic rings. The number of nitrogens with zero attached hydrogens (tertiary/aromatic N) is 2. The third-order valence-electron chi connectivity index (χ3n) is 2.57. The summed E-state index contributed by atoms with van der Waals surface area (Å²) in [5, 5.41) is 0. The first-order valence-electron chi connectivity index (χ1n) is 5.41. The number of nitrogen functional groups attached to an aromatic ring is 1. The normalized spacial score (nSPS) is 12.0. The van der Waals surface area contributed by atoms with E-state index in [1.54, 1.807) is 22.8 Å². The van der Waals surface area contributed by atoms with Crippen molar-refractivity contribution in [3.8, 4) is 5.75 Å². The molecule has 1 heterocycles. The Bertz CT molecular complexity index is 582. The molecule has 1 aromatic carbocycles. The van der Waals surface area contributed by atoms with Crippen LogP contribution in [0.4, 0.5) is 19.1 Å². The number of methoxy groups -OCH3 is 1. The molecule has 0 bridgehead atoms. The molecule has 0 amide bonds. The predicted molar refractivity (Wildman–Crippen MR) is 69.2 cm³/mol. The molecule has 0 aliphatic heterocycles. The molecule has 2 N–H and O–H groups in total. The average molecular weight is 291 g/mol. The molecule has 0 aliphatic rings. The summed E-state index contributed by atoms with van der Waals surface area (Å²) < 4.78 is 42.9. The number of aryl methyl sites for hydroxylation is 1. The first kappa shape index (κ1) is 13.9. The first-order chi connectivity index (χ1) is 8.90. The van der Waals surface area contributed by atoms with E-state index in [2.05, 4.69) is 4.98 Å². The molecule has 0 atom stereocenters. The van der Waals surface area contributed by atoms with Gasteiger partial charge in [-0.15, -0.1) is 0 Å². The van der Waals surface area contributed by atoms with E-state index in [0.717, 1.165) is 0 Å². The van der Waals surface area contributed by atoms with Crippen LogP contribution in [0.1, 0.15) is 0 Å². The van der Waals surface area contributed by atoms with Crippen molar-refractivity contribution in [2.24, 2.45) is 0 Å². The first-order valence-corrected chi connectivity index (χ1v) is 6.40. The number of hydrogen-bond acceptors (Lipinski definition) is 4. The summed E-state index contributed by atoms with van der Waals surface area (Å²) in [6.45, 7) is 0.152. The second-order valence-corrected chi connectivity index (χ2v) is 4.93. The van der Waals surface area contributed by atoms with Crippen LogP contribution in [0.25, 0.3) is 11.0 Å². The molecule has 2 rings (SSSR count). The maximum atomic E-state index is 12.1. The lowest BCUT2D eigenvalue weighted by Gasteiger charge is -2.08. The van der Waals surface area contributed by atoms with Crippen molar-refractivity contribution in [1.82, 2.24) is 9.55 Å². The van der Waals surface area contributed by atoms with Crippen LogP contribution in [0.3, 0.4) is 0 Å². The molecule has 1 aromatic heterocycles. The van der Waals surface area contributed by atoms with E-state index in [4.69, 9.17) is 10.5 Å². The summed E-state index contributed by atoms with van der Waals surface area (Å²) in [5.41, 5.74) is 2.79. The van der Waals surface area contributed by atoms with Crippen molar-refractivity contribution in [3.05, 3.63) is 18.2 Å². The van der Waals surface area contributed by atoms with Crippen molar-refractivity contribution < 1.29 is 17.9 Å². The molecular weight excluding hydrogens is 279 g/mol. The average Bonchev–Trinajstić information content (AvgIpc) is 2.63. The van der Waals surface area contributed by atoms with Gasteiger partial charge in [0.25, 0.3) is 0 Å². The summed E-state index contributed by atoms with van der Waals surface area (Å²) in [7, 11) is 1.53. The van der Waals surface area contributed by atoms with Crippen LogP contribution in [0, 0.1) is 0 Å². The van der Waals surface area contributed by atoms with E-state index in [-0.39, 0.29) is 30.0 Å². The number of imidazole rings is 1. The molecule has 8 heteroatoms. The topological polar surface area (TPSA) is 53.1 Å². The van der Waals surface area contributed by atoms with Crippen molar-refractivity contribution in [3.63, 3.8) is 0 Å². The Morgan fingerprint density at radius 2 is 2.16 bits per heavy atom. The van der Waals surface area contributed by atoms with E-state index in [1.165, 1.54) is 7.11 Å². The van der Waals surface area contributed by atoms with E-state index in [0.29, 0.717) is 16.8 Å². The Hall–Kier alpha value is -1.57. The second kappa shape index (κ2) is 5.20. The number of ether oxygens (including phenoxy) is 1. The van der Waals surface area contributed by atoms with Crippen molar-refractivity contribution in [2.75, 3.05) is 18.6 Å². The molecule has 0 saturated heterocycles. The van der Waals surface area contributed by atoms with Gasteiger partial charge in [0.2, 0.25) is 5.95 Å². The highest BCUT2D eigenvalue weighted by molar-refractivity contribution is 8.00. The maximum Gasteiger partial charge on any atom is 0.441 e. The van der Waals surface area contributed by atoms with E-state index in [9.17, 15) is 13.2 Å². The van der Waals surface area contributed by atoms with Crippen LogP contribution in [0.15, 0.2) is 18.2 Å². The molecular formula is C11H12F3N3OS. The molecule has 0 unspecified atom stereocenters. The minimum atomic E-state index is -4.23. The molecule has 19 heavy (non-hydrogen) atoms. The van der Waals surface area contributed by atoms with Gasteiger partial charge >= 0.3 is 5.51 Å². The summed E-state index contributed by atoms with van der Waals surface area (Å²) in [4.78, 5) is 4.11. The lowest BCUT2D eigenvalue weighted by Crippen LogP contribution is -2.09. The number of rotatable bonds is 4. The fourth-order valence-corrected chi connectivity index (χ4v) is 2.25. The zero-order chi connectivity index (χ0) is 14.0. The van der Waals surface area contributed by atoms with Gasteiger partial charge in [-0.2, -0.15) is 13.2 Å². The number of hydrogen-bond donors (Lipinski definition) is 1. The highest BCUT2D eigenvalue weighted by Crippen LogP contribution is 2.31. The zero-order valence-electron chi connectivity index (χ0n) is 10.1. The van der Waals surface area contributed by atoms with Crippen LogP contribution < -0.4 is 10.5 Å². The standard InChI is InChI=1S/C11H12F3N3OS/c1-18-7-2-3-9-8(6-7)16-10(15)17(9)4-5-19-11(12,13)14/h2-3,6H,4-5H2,1H3,(H2,15,16). The largest absolute Gasteiger partial charge is 0.497 e. The summed E-state index contributed by atoms with van der Waals surface area (Å²) in [5.74, 6) is 0.721. The number of alkyl halides is 3. The summed E-state index contributed by atoms with van der Waals surface area (Å²) in [6.07, 6.45) is 0. The number of benzene rings is 1. The molecule has 0 fully saturated rings. The van der Waals surface area contributed by atoms with Crippen molar-refractivity contribution in [1.29, 1.82) is 0 Å². The van der Waals surface area contributed by atoms with Gasteiger partial charge in [0, 0.05) is 18.4 Å². The van der Waals surface area contributed by atoms with E-state index in [1.807, 2.05) is 0 Å². The summed E-state index contributed by atoms with van der Waals surface area (Å²) in [6, 6.07) is 5.14. The Balaban J connectivity index is 2.21. The maximum absolute atomic E-state index is 12.1. The number of anilines is 1. The number of halogens is 3. The minimum absolute atomic E-state index is 0.0721. The van der Waals surface area contributed by atoms with Gasteiger partial charge in [-0.05, 0) is 23.9 Å². The van der Waals surface area contributed by atoms with E-state index < -0.39 is 5.51 Å². The second-order valence-electron chi connectivity index (χ2n) is 3.77. The molecule has 4 nitrogen and oxygen atoms in total.